The highest BCUT2D eigenvalue weighted by molar-refractivity contribution is 5.94. The normalized spacial score (nSPS) is 20.9. The number of benzene rings is 1. The minimum atomic E-state index is -0.959. The van der Waals surface area contributed by atoms with Crippen molar-refractivity contribution in [2.45, 2.75) is 31.7 Å². The van der Waals surface area contributed by atoms with Crippen LogP contribution in [0.15, 0.2) is 18.2 Å². The fraction of sp³-hybridized carbons (Fsp3) is 0.562. The average Bonchev–Trinajstić information content (AvgIpc) is 3.02. The summed E-state index contributed by atoms with van der Waals surface area (Å²) in [6, 6.07) is 6.09. The third-order valence-corrected chi connectivity index (χ3v) is 4.79. The quantitative estimate of drug-likeness (QED) is 0.833. The smallest absolute Gasteiger partial charge is 0.337 e. The largest absolute Gasteiger partial charge is 0.478 e. The van der Waals surface area contributed by atoms with Crippen molar-refractivity contribution in [2.24, 2.45) is 0 Å². The number of nitrogens with zero attached hydrogens (tertiary/aromatic N) is 2. The third kappa shape index (κ3) is 2.97. The molecule has 2 aliphatic rings. The van der Waals surface area contributed by atoms with Crippen LogP contribution in [0, 0.1) is 0 Å². The Labute approximate surface area is 125 Å². The van der Waals surface area contributed by atoms with Crippen LogP contribution in [-0.2, 0) is 0 Å². The summed E-state index contributed by atoms with van der Waals surface area (Å²) in [7, 11) is 0. The van der Waals surface area contributed by atoms with Crippen LogP contribution in [0.1, 0.15) is 36.0 Å². The van der Waals surface area contributed by atoms with Gasteiger partial charge in [-0.05, 0) is 31.0 Å². The number of nitrogens with two attached hydrogens (primary N) is 1. The van der Waals surface area contributed by atoms with Gasteiger partial charge in [0.25, 0.3) is 0 Å². The monoisotopic (exact) mass is 289 g/mol. The second-order valence-electron chi connectivity index (χ2n) is 6.04. The van der Waals surface area contributed by atoms with E-state index in [-0.39, 0.29) is 5.56 Å². The topological polar surface area (TPSA) is 69.8 Å². The van der Waals surface area contributed by atoms with E-state index in [2.05, 4.69) is 9.80 Å². The summed E-state index contributed by atoms with van der Waals surface area (Å²) in [5.41, 5.74) is 7.21. The van der Waals surface area contributed by atoms with Gasteiger partial charge in [-0.1, -0.05) is 12.8 Å². The summed E-state index contributed by atoms with van der Waals surface area (Å²) < 4.78 is 0. The van der Waals surface area contributed by atoms with Gasteiger partial charge in [-0.3, -0.25) is 4.90 Å². The Hall–Kier alpha value is -1.75. The molecule has 1 aliphatic carbocycles. The molecule has 0 bridgehead atoms. The maximum Gasteiger partial charge on any atom is 0.337 e. The molecule has 0 spiro atoms. The first kappa shape index (κ1) is 14.2. The second-order valence-corrected chi connectivity index (χ2v) is 6.04. The van der Waals surface area contributed by atoms with E-state index < -0.39 is 5.97 Å². The minimum Gasteiger partial charge on any atom is -0.478 e. The van der Waals surface area contributed by atoms with Gasteiger partial charge in [0.1, 0.15) is 0 Å². The lowest BCUT2D eigenvalue weighted by Gasteiger charge is -2.39. The number of hydrogen-bond acceptors (Lipinski definition) is 4. The Morgan fingerprint density at radius 2 is 1.81 bits per heavy atom. The zero-order valence-electron chi connectivity index (χ0n) is 12.3. The first-order valence-corrected chi connectivity index (χ1v) is 7.77. The average molecular weight is 289 g/mol. The summed E-state index contributed by atoms with van der Waals surface area (Å²) in [5.74, 6) is -0.959. The van der Waals surface area contributed by atoms with E-state index in [0.29, 0.717) is 5.69 Å². The highest BCUT2D eigenvalue weighted by Gasteiger charge is 2.26. The van der Waals surface area contributed by atoms with Crippen LogP contribution in [0.25, 0.3) is 0 Å². The number of carbonyl (C=O) groups is 1. The number of carboxylic acids is 1. The van der Waals surface area contributed by atoms with Gasteiger partial charge in [-0.25, -0.2) is 4.79 Å². The molecule has 3 rings (SSSR count). The van der Waals surface area contributed by atoms with Gasteiger partial charge in [0.2, 0.25) is 0 Å². The Kier molecular flexibility index (Phi) is 4.01. The molecule has 2 fully saturated rings. The molecule has 0 amide bonds. The van der Waals surface area contributed by atoms with E-state index in [1.165, 1.54) is 25.7 Å². The molecular formula is C16H23N3O2. The molecular weight excluding hydrogens is 266 g/mol. The van der Waals surface area contributed by atoms with Crippen LogP contribution in [-0.4, -0.2) is 48.2 Å². The van der Waals surface area contributed by atoms with Crippen LogP contribution < -0.4 is 10.6 Å². The summed E-state index contributed by atoms with van der Waals surface area (Å²) in [5, 5.41) is 9.17. The van der Waals surface area contributed by atoms with Crippen molar-refractivity contribution in [1.29, 1.82) is 0 Å². The molecule has 1 aromatic rings. The van der Waals surface area contributed by atoms with Crippen LogP contribution in [0.5, 0.6) is 0 Å². The molecule has 5 heteroatoms. The van der Waals surface area contributed by atoms with E-state index in [0.717, 1.165) is 37.9 Å². The molecule has 1 aromatic carbocycles. The molecule has 3 N–H and O–H groups in total. The lowest BCUT2D eigenvalue weighted by atomic mass is 10.1. The zero-order chi connectivity index (χ0) is 14.8. The van der Waals surface area contributed by atoms with Crippen molar-refractivity contribution in [2.75, 3.05) is 36.8 Å². The summed E-state index contributed by atoms with van der Waals surface area (Å²) in [6.45, 7) is 4.05. The standard InChI is InChI=1S/C16H23N3O2/c17-15-6-5-13(11-14(15)16(20)21)19-9-7-18(8-10-19)12-3-1-2-4-12/h5-6,11-12H,1-4,7-10,17H2,(H,20,21). The van der Waals surface area contributed by atoms with Gasteiger partial charge in [0, 0.05) is 43.6 Å². The first-order chi connectivity index (χ1) is 10.1. The van der Waals surface area contributed by atoms with Gasteiger partial charge in [0.05, 0.1) is 5.56 Å². The summed E-state index contributed by atoms with van der Waals surface area (Å²) in [4.78, 5) is 16.0. The van der Waals surface area contributed by atoms with Gasteiger partial charge in [0.15, 0.2) is 0 Å². The predicted molar refractivity (Wildman–Crippen MR) is 83.9 cm³/mol. The second kappa shape index (κ2) is 5.93. The SMILES string of the molecule is Nc1ccc(N2CCN(C3CCCC3)CC2)cc1C(=O)O. The molecule has 0 atom stereocenters. The number of aromatic carboxylic acids is 1. The molecule has 0 aromatic heterocycles. The Morgan fingerprint density at radius 3 is 2.43 bits per heavy atom. The van der Waals surface area contributed by atoms with E-state index in [1.807, 2.05) is 6.07 Å². The predicted octanol–water partition coefficient (Wildman–Crippen LogP) is 2.03. The van der Waals surface area contributed by atoms with E-state index >= 15 is 0 Å². The minimum absolute atomic E-state index is 0.200. The van der Waals surface area contributed by atoms with Crippen molar-refractivity contribution in [3.8, 4) is 0 Å². The van der Waals surface area contributed by atoms with Gasteiger partial charge < -0.3 is 15.7 Å². The van der Waals surface area contributed by atoms with Crippen molar-refractivity contribution >= 4 is 17.3 Å². The van der Waals surface area contributed by atoms with E-state index in [1.54, 1.807) is 12.1 Å². The van der Waals surface area contributed by atoms with Crippen LogP contribution in [0.3, 0.4) is 0 Å². The molecule has 1 aliphatic heterocycles. The van der Waals surface area contributed by atoms with Gasteiger partial charge in [-0.2, -0.15) is 0 Å². The number of piperazine rings is 1. The Morgan fingerprint density at radius 1 is 1.14 bits per heavy atom. The summed E-state index contributed by atoms with van der Waals surface area (Å²) in [6.07, 6.45) is 5.41. The van der Waals surface area contributed by atoms with E-state index in [4.69, 9.17) is 10.8 Å². The van der Waals surface area contributed by atoms with Gasteiger partial charge in [-0.15, -0.1) is 0 Å². The molecule has 0 radical (unpaired) electrons. The fourth-order valence-electron chi connectivity index (χ4n) is 3.54. The number of hydrogen-bond donors (Lipinski definition) is 2. The van der Waals surface area contributed by atoms with Crippen molar-refractivity contribution in [1.82, 2.24) is 4.90 Å². The number of carboxylic acid groups (broad SMARTS) is 1. The molecule has 1 saturated carbocycles. The highest BCUT2D eigenvalue weighted by atomic mass is 16.4. The van der Waals surface area contributed by atoms with E-state index in [9.17, 15) is 4.79 Å². The number of nitrogen functional groups attached to an aromatic ring is 1. The van der Waals surface area contributed by atoms with Crippen LogP contribution in [0.4, 0.5) is 11.4 Å². The molecule has 1 saturated heterocycles. The zero-order valence-corrected chi connectivity index (χ0v) is 12.3. The molecule has 0 unspecified atom stereocenters. The highest BCUT2D eigenvalue weighted by Crippen LogP contribution is 2.27. The molecule has 114 valence electrons. The maximum absolute atomic E-state index is 11.2. The molecule has 21 heavy (non-hydrogen) atoms. The van der Waals surface area contributed by atoms with Crippen LogP contribution >= 0.6 is 0 Å². The Bertz CT molecular complexity index is 518. The maximum atomic E-state index is 11.2. The van der Waals surface area contributed by atoms with Gasteiger partial charge >= 0.3 is 5.97 Å². The van der Waals surface area contributed by atoms with Crippen molar-refractivity contribution in [3.63, 3.8) is 0 Å². The summed E-state index contributed by atoms with van der Waals surface area (Å²) >= 11 is 0. The fourth-order valence-corrected chi connectivity index (χ4v) is 3.54. The first-order valence-electron chi connectivity index (χ1n) is 7.77. The number of rotatable bonds is 3. The van der Waals surface area contributed by atoms with Crippen LogP contribution in [0.2, 0.25) is 0 Å². The molecule has 5 nitrogen and oxygen atoms in total. The van der Waals surface area contributed by atoms with Crippen molar-refractivity contribution in [3.05, 3.63) is 23.8 Å². The molecule has 1 heterocycles. The lowest BCUT2D eigenvalue weighted by Crippen LogP contribution is -2.49. The number of anilines is 2. The third-order valence-electron chi connectivity index (χ3n) is 4.79. The van der Waals surface area contributed by atoms with Crippen molar-refractivity contribution < 1.29 is 9.90 Å². The Balaban J connectivity index is 1.66. The lowest BCUT2D eigenvalue weighted by molar-refractivity contribution is 0.0698.